The Balaban J connectivity index is 1.87. The number of ether oxygens (including phenoxy) is 1. The lowest BCUT2D eigenvalue weighted by atomic mass is 10.0. The third-order valence-electron chi connectivity index (χ3n) is 4.05. The Morgan fingerprint density at radius 3 is 2.89 bits per heavy atom. The molecule has 1 aromatic heterocycles. The Kier molecular flexibility index (Phi) is 3.06. The van der Waals surface area contributed by atoms with E-state index in [1.807, 2.05) is 0 Å². The van der Waals surface area contributed by atoms with Crippen molar-refractivity contribution in [2.24, 2.45) is 22.9 Å². The van der Waals surface area contributed by atoms with Crippen molar-refractivity contribution in [1.29, 1.82) is 0 Å². The number of allylic oxidation sites excluding steroid dienone is 1. The van der Waals surface area contributed by atoms with Gasteiger partial charge in [0.2, 0.25) is 5.82 Å². The second-order valence-electron chi connectivity index (χ2n) is 5.27. The maximum absolute atomic E-state index is 5.29. The number of rotatable bonds is 3. The highest BCUT2D eigenvalue weighted by Gasteiger charge is 2.52. The van der Waals surface area contributed by atoms with Crippen LogP contribution in [-0.4, -0.2) is 40.1 Å². The van der Waals surface area contributed by atoms with Crippen LogP contribution in [0, 0.1) is 17.8 Å². The van der Waals surface area contributed by atoms with Crippen LogP contribution in [0.1, 0.15) is 26.1 Å². The number of methoxy groups -OCH3 is 1. The summed E-state index contributed by atoms with van der Waals surface area (Å²) in [6, 6.07) is 0. The molecule has 102 valence electrons. The van der Waals surface area contributed by atoms with Gasteiger partial charge in [-0.15, -0.1) is 10.2 Å². The summed E-state index contributed by atoms with van der Waals surface area (Å²) in [6.45, 7) is 4.95. The predicted octanol–water partition coefficient (Wildman–Crippen LogP) is 0.809. The van der Waals surface area contributed by atoms with Gasteiger partial charge in [0.25, 0.3) is 0 Å². The molecular weight excluding hydrogens is 244 g/mol. The van der Waals surface area contributed by atoms with Crippen LogP contribution >= 0.6 is 0 Å². The van der Waals surface area contributed by atoms with Gasteiger partial charge in [-0.1, -0.05) is 0 Å². The monoisotopic (exact) mass is 262 g/mol. The highest BCUT2D eigenvalue weighted by atomic mass is 16.5. The van der Waals surface area contributed by atoms with Gasteiger partial charge in [0, 0.05) is 25.3 Å². The summed E-state index contributed by atoms with van der Waals surface area (Å²) in [6.07, 6.45) is 1.02. The van der Waals surface area contributed by atoms with Gasteiger partial charge in [0.15, 0.2) is 0 Å². The summed E-state index contributed by atoms with van der Waals surface area (Å²) in [5.74, 6) is 2.30. The molecule has 0 spiro atoms. The molecule has 1 aromatic rings. The third-order valence-corrected chi connectivity index (χ3v) is 4.05. The number of aromatic nitrogens is 4. The SMILES string of the molecule is COCC1C2C/C(C)=C(\c3nn[nH]n3)N/N=C(\C)C12. The molecule has 7 heteroatoms. The fraction of sp³-hybridized carbons (Fsp3) is 0.667. The topological polar surface area (TPSA) is 88.1 Å². The zero-order valence-corrected chi connectivity index (χ0v) is 11.3. The second-order valence-corrected chi connectivity index (χ2v) is 5.27. The molecule has 3 rings (SSSR count). The Bertz CT molecular complexity index is 520. The number of tetrazole rings is 1. The molecule has 0 bridgehead atoms. The number of fused-ring (bicyclic) bond motifs is 1. The molecule has 1 aliphatic carbocycles. The minimum atomic E-state index is 0.536. The number of hydrogen-bond acceptors (Lipinski definition) is 6. The number of hydrazone groups is 1. The van der Waals surface area contributed by atoms with Crippen molar-refractivity contribution < 1.29 is 4.74 Å². The van der Waals surface area contributed by atoms with E-state index < -0.39 is 0 Å². The van der Waals surface area contributed by atoms with Gasteiger partial charge >= 0.3 is 0 Å². The van der Waals surface area contributed by atoms with Crippen molar-refractivity contribution in [2.75, 3.05) is 13.7 Å². The molecule has 1 fully saturated rings. The molecular formula is C12H18N6O. The molecule has 7 nitrogen and oxygen atoms in total. The van der Waals surface area contributed by atoms with E-state index in [2.05, 4.69) is 45.0 Å². The molecule has 3 unspecified atom stereocenters. The van der Waals surface area contributed by atoms with E-state index in [0.717, 1.165) is 24.4 Å². The first-order chi connectivity index (χ1) is 9.22. The predicted molar refractivity (Wildman–Crippen MR) is 70.0 cm³/mol. The first-order valence-electron chi connectivity index (χ1n) is 6.45. The maximum Gasteiger partial charge on any atom is 0.222 e. The minimum absolute atomic E-state index is 0.536. The molecule has 1 aliphatic heterocycles. The fourth-order valence-electron chi connectivity index (χ4n) is 3.04. The first-order valence-corrected chi connectivity index (χ1v) is 6.45. The summed E-state index contributed by atoms with van der Waals surface area (Å²) in [7, 11) is 1.75. The summed E-state index contributed by atoms with van der Waals surface area (Å²) in [5, 5.41) is 18.6. The number of H-pyrrole nitrogens is 1. The molecule has 0 amide bonds. The standard InChI is InChI=1S/C12H18N6O/c1-6-4-8-9(5-19-3)10(8)7(2)13-14-11(6)12-15-17-18-16-12/h8-10,14H,4-5H2,1-3H3,(H,15,16,17,18)/b11-6+,13-7+. The van der Waals surface area contributed by atoms with E-state index >= 15 is 0 Å². The smallest absolute Gasteiger partial charge is 0.222 e. The second kappa shape index (κ2) is 4.73. The zero-order chi connectivity index (χ0) is 13.4. The molecule has 19 heavy (non-hydrogen) atoms. The van der Waals surface area contributed by atoms with Crippen molar-refractivity contribution >= 4 is 11.4 Å². The van der Waals surface area contributed by atoms with Crippen molar-refractivity contribution in [1.82, 2.24) is 26.0 Å². The molecule has 0 radical (unpaired) electrons. The van der Waals surface area contributed by atoms with E-state index in [-0.39, 0.29) is 0 Å². The van der Waals surface area contributed by atoms with Crippen molar-refractivity contribution in [3.05, 3.63) is 11.4 Å². The molecule has 1 saturated carbocycles. The van der Waals surface area contributed by atoms with E-state index in [1.165, 1.54) is 5.57 Å². The van der Waals surface area contributed by atoms with Crippen LogP contribution in [0.5, 0.6) is 0 Å². The summed E-state index contributed by atoms with van der Waals surface area (Å²) in [5.41, 5.74) is 6.28. The van der Waals surface area contributed by atoms with Crippen molar-refractivity contribution in [2.45, 2.75) is 20.3 Å². The molecule has 0 saturated heterocycles. The van der Waals surface area contributed by atoms with E-state index in [4.69, 9.17) is 4.74 Å². The molecule has 2 aliphatic rings. The zero-order valence-electron chi connectivity index (χ0n) is 11.3. The number of nitrogens with zero attached hydrogens (tertiary/aromatic N) is 4. The van der Waals surface area contributed by atoms with Crippen molar-refractivity contribution in [3.8, 4) is 0 Å². The van der Waals surface area contributed by atoms with E-state index in [1.54, 1.807) is 7.11 Å². The van der Waals surface area contributed by atoms with Gasteiger partial charge in [-0.2, -0.15) is 10.3 Å². The van der Waals surface area contributed by atoms with Gasteiger partial charge < -0.3 is 4.74 Å². The fourth-order valence-corrected chi connectivity index (χ4v) is 3.04. The Morgan fingerprint density at radius 2 is 2.21 bits per heavy atom. The van der Waals surface area contributed by atoms with Gasteiger partial charge in [-0.25, -0.2) is 0 Å². The summed E-state index contributed by atoms with van der Waals surface area (Å²) >= 11 is 0. The number of aromatic amines is 1. The molecule has 2 N–H and O–H groups in total. The minimum Gasteiger partial charge on any atom is -0.384 e. The first kappa shape index (κ1) is 12.3. The average molecular weight is 262 g/mol. The average Bonchev–Trinajstić information content (AvgIpc) is 2.81. The van der Waals surface area contributed by atoms with Crippen LogP contribution in [0.15, 0.2) is 10.7 Å². The Morgan fingerprint density at radius 1 is 1.37 bits per heavy atom. The lowest BCUT2D eigenvalue weighted by Gasteiger charge is -2.12. The lowest BCUT2D eigenvalue weighted by Crippen LogP contribution is -2.15. The van der Waals surface area contributed by atoms with Crippen LogP contribution in [0.25, 0.3) is 5.70 Å². The van der Waals surface area contributed by atoms with E-state index in [9.17, 15) is 0 Å². The number of hydrogen-bond donors (Lipinski definition) is 2. The van der Waals surface area contributed by atoms with Crippen LogP contribution < -0.4 is 5.43 Å². The van der Waals surface area contributed by atoms with Gasteiger partial charge in [-0.3, -0.25) is 5.43 Å². The van der Waals surface area contributed by atoms with Crippen molar-refractivity contribution in [3.63, 3.8) is 0 Å². The quantitative estimate of drug-likeness (QED) is 0.841. The highest BCUT2D eigenvalue weighted by molar-refractivity contribution is 5.88. The van der Waals surface area contributed by atoms with Gasteiger partial charge in [-0.05, 0) is 42.9 Å². The van der Waals surface area contributed by atoms with Crippen LogP contribution in [0.2, 0.25) is 0 Å². The van der Waals surface area contributed by atoms with E-state index in [0.29, 0.717) is 23.6 Å². The number of nitrogens with one attached hydrogen (secondary N) is 2. The summed E-state index contributed by atoms with van der Waals surface area (Å²) in [4.78, 5) is 0. The highest BCUT2D eigenvalue weighted by Crippen LogP contribution is 2.51. The Hall–Kier alpha value is -1.76. The Labute approximate surface area is 111 Å². The third kappa shape index (κ3) is 2.14. The summed E-state index contributed by atoms with van der Waals surface area (Å²) < 4.78 is 5.29. The molecule has 0 aromatic carbocycles. The lowest BCUT2D eigenvalue weighted by molar-refractivity contribution is 0.179. The van der Waals surface area contributed by atoms with Gasteiger partial charge in [0.1, 0.15) is 5.70 Å². The maximum atomic E-state index is 5.29. The normalized spacial score (nSPS) is 36.6. The molecule has 3 atom stereocenters. The molecule has 2 heterocycles. The van der Waals surface area contributed by atoms with Crippen LogP contribution in [-0.2, 0) is 4.74 Å². The van der Waals surface area contributed by atoms with Crippen LogP contribution in [0.4, 0.5) is 0 Å². The largest absolute Gasteiger partial charge is 0.384 e. The van der Waals surface area contributed by atoms with Crippen LogP contribution in [0.3, 0.4) is 0 Å². The van der Waals surface area contributed by atoms with Gasteiger partial charge in [0.05, 0.1) is 0 Å².